The first-order valence-electron chi connectivity index (χ1n) is 12.5. The fourth-order valence-electron chi connectivity index (χ4n) is 5.24. The Bertz CT molecular complexity index is 1150. The molecule has 3 heterocycles. The highest BCUT2D eigenvalue weighted by Crippen LogP contribution is 2.39. The Morgan fingerprint density at radius 1 is 1.08 bits per heavy atom. The molecule has 0 spiro atoms. The van der Waals surface area contributed by atoms with Crippen molar-refractivity contribution in [1.82, 2.24) is 19.7 Å². The molecule has 2 amide bonds. The number of alkyl halides is 3. The number of hydrogen-bond acceptors (Lipinski definition) is 5. The van der Waals surface area contributed by atoms with Crippen LogP contribution in [0.25, 0.3) is 0 Å². The van der Waals surface area contributed by atoms with Gasteiger partial charge in [0.05, 0.1) is 5.56 Å². The van der Waals surface area contributed by atoms with E-state index in [2.05, 4.69) is 22.9 Å². The molecule has 2 atom stereocenters. The van der Waals surface area contributed by atoms with Crippen molar-refractivity contribution in [2.75, 3.05) is 40.3 Å². The minimum absolute atomic E-state index is 0.0113. The third kappa shape index (κ3) is 5.74. The van der Waals surface area contributed by atoms with Crippen molar-refractivity contribution in [1.29, 1.82) is 0 Å². The van der Waals surface area contributed by atoms with Gasteiger partial charge in [-0.15, -0.1) is 0 Å². The summed E-state index contributed by atoms with van der Waals surface area (Å²) < 4.78 is 44.3. The van der Waals surface area contributed by atoms with Crippen LogP contribution in [0.2, 0.25) is 0 Å². The van der Waals surface area contributed by atoms with E-state index in [0.717, 1.165) is 42.7 Å². The number of nitrogens with zero attached hydrogens (tertiary/aromatic N) is 4. The van der Waals surface area contributed by atoms with E-state index in [9.17, 15) is 22.8 Å². The molecule has 0 saturated carbocycles. The van der Waals surface area contributed by atoms with Gasteiger partial charge in [0.1, 0.15) is 11.4 Å². The zero-order valence-corrected chi connectivity index (χ0v) is 21.6. The molecule has 0 radical (unpaired) electrons. The Hall–Kier alpha value is -3.14. The topological polar surface area (TPSA) is 66.0 Å². The molecule has 1 unspecified atom stereocenters. The van der Waals surface area contributed by atoms with Crippen molar-refractivity contribution in [3.8, 4) is 5.75 Å². The maximum atomic E-state index is 13.0. The lowest BCUT2D eigenvalue weighted by Gasteiger charge is -2.48. The highest BCUT2D eigenvalue weighted by molar-refractivity contribution is 5.94. The minimum Gasteiger partial charge on any atom is -0.483 e. The molecular weight excluding hydrogens is 485 g/mol. The molecule has 2 aliphatic rings. The summed E-state index contributed by atoms with van der Waals surface area (Å²) >= 11 is 0. The second kappa shape index (κ2) is 10.7. The van der Waals surface area contributed by atoms with Gasteiger partial charge in [0, 0.05) is 52.0 Å². The number of carbonyl (C=O) groups is 2. The summed E-state index contributed by atoms with van der Waals surface area (Å²) in [7, 11) is 3.39. The van der Waals surface area contributed by atoms with Gasteiger partial charge in [0.2, 0.25) is 0 Å². The number of carbonyl (C=O) groups excluding carboxylic acids is 2. The zero-order chi connectivity index (χ0) is 26.9. The van der Waals surface area contributed by atoms with E-state index in [-0.39, 0.29) is 36.1 Å². The van der Waals surface area contributed by atoms with Gasteiger partial charge in [0.25, 0.3) is 11.8 Å². The van der Waals surface area contributed by atoms with Crippen LogP contribution in [-0.2, 0) is 11.0 Å². The van der Waals surface area contributed by atoms with E-state index in [0.29, 0.717) is 25.4 Å². The summed E-state index contributed by atoms with van der Waals surface area (Å²) in [6.07, 6.45) is -0.536. The first-order chi connectivity index (χ1) is 17.5. The summed E-state index contributed by atoms with van der Waals surface area (Å²) in [6.45, 7) is 5.78. The number of benzene rings is 1. The number of likely N-dealkylation sites (N-methyl/N-ethyl adjacent to an activating group) is 1. The molecule has 200 valence electrons. The van der Waals surface area contributed by atoms with Crippen LogP contribution in [-0.4, -0.2) is 77.9 Å². The van der Waals surface area contributed by atoms with Gasteiger partial charge in [-0.25, -0.2) is 0 Å². The fourth-order valence-corrected chi connectivity index (χ4v) is 5.24. The number of rotatable bonds is 5. The number of pyridine rings is 1. The molecule has 0 aliphatic carbocycles. The van der Waals surface area contributed by atoms with Crippen LogP contribution in [0.3, 0.4) is 0 Å². The maximum absolute atomic E-state index is 13.0. The number of halogens is 3. The summed E-state index contributed by atoms with van der Waals surface area (Å²) in [4.78, 5) is 34.1. The van der Waals surface area contributed by atoms with Crippen molar-refractivity contribution in [2.45, 2.75) is 51.4 Å². The van der Waals surface area contributed by atoms with E-state index >= 15 is 0 Å². The first kappa shape index (κ1) is 26.9. The Balaban J connectivity index is 1.45. The van der Waals surface area contributed by atoms with Gasteiger partial charge in [-0.1, -0.05) is 6.07 Å². The minimum atomic E-state index is -4.53. The predicted molar refractivity (Wildman–Crippen MR) is 132 cm³/mol. The molecule has 7 nitrogen and oxygen atoms in total. The highest BCUT2D eigenvalue weighted by Gasteiger charge is 2.38. The van der Waals surface area contributed by atoms with Gasteiger partial charge in [-0.2, -0.15) is 13.2 Å². The molecule has 1 aromatic carbocycles. The van der Waals surface area contributed by atoms with Crippen molar-refractivity contribution < 1.29 is 27.5 Å². The van der Waals surface area contributed by atoms with E-state index in [1.165, 1.54) is 16.5 Å². The predicted octanol–water partition coefficient (Wildman–Crippen LogP) is 4.24. The maximum Gasteiger partial charge on any atom is 0.433 e. The van der Waals surface area contributed by atoms with E-state index in [4.69, 9.17) is 4.74 Å². The third-order valence-electron chi connectivity index (χ3n) is 7.52. The fraction of sp³-hybridized carbons (Fsp3) is 0.519. The largest absolute Gasteiger partial charge is 0.483 e. The van der Waals surface area contributed by atoms with Gasteiger partial charge in [-0.05, 0) is 68.0 Å². The van der Waals surface area contributed by atoms with Gasteiger partial charge < -0.3 is 14.5 Å². The monoisotopic (exact) mass is 518 g/mol. The number of fused-ring (bicyclic) bond motifs is 1. The molecule has 2 aliphatic heterocycles. The normalized spacial score (nSPS) is 20.4. The lowest BCUT2D eigenvalue weighted by atomic mass is 9.86. The molecule has 1 aromatic heterocycles. The number of piperidine rings is 1. The molecule has 2 aromatic rings. The van der Waals surface area contributed by atoms with Crippen molar-refractivity contribution >= 4 is 11.8 Å². The summed E-state index contributed by atoms with van der Waals surface area (Å²) in [6, 6.07) is 6.45. The molecule has 2 fully saturated rings. The smallest absolute Gasteiger partial charge is 0.433 e. The molecule has 2 saturated heterocycles. The Kier molecular flexibility index (Phi) is 7.77. The zero-order valence-electron chi connectivity index (χ0n) is 21.6. The SMILES string of the molecule is Cc1c(OCC(=O)N(C)C)ccc([C@H]2CCCC3CN(C(=O)c4ccc(C(F)(F)F)nc4)CCN32)c1C. The Morgan fingerprint density at radius 3 is 2.49 bits per heavy atom. The number of hydrogen-bond donors (Lipinski definition) is 0. The Labute approximate surface area is 215 Å². The third-order valence-corrected chi connectivity index (χ3v) is 7.52. The lowest BCUT2D eigenvalue weighted by molar-refractivity contribution is -0.141. The van der Waals surface area contributed by atoms with Crippen LogP contribution < -0.4 is 4.74 Å². The van der Waals surface area contributed by atoms with Crippen LogP contribution in [0.1, 0.15) is 58.0 Å². The second-order valence-electron chi connectivity index (χ2n) is 10.00. The number of aromatic nitrogens is 1. The quantitative estimate of drug-likeness (QED) is 0.593. The molecule has 10 heteroatoms. The van der Waals surface area contributed by atoms with E-state index < -0.39 is 11.9 Å². The van der Waals surface area contributed by atoms with Crippen LogP contribution in [0, 0.1) is 13.8 Å². The molecule has 0 N–H and O–H groups in total. The van der Waals surface area contributed by atoms with Crippen LogP contribution in [0.15, 0.2) is 30.5 Å². The lowest BCUT2D eigenvalue weighted by Crippen LogP contribution is -2.57. The van der Waals surface area contributed by atoms with E-state index in [1.54, 1.807) is 19.0 Å². The average molecular weight is 519 g/mol. The molecular formula is C27H33F3N4O3. The molecule has 37 heavy (non-hydrogen) atoms. The van der Waals surface area contributed by atoms with Crippen LogP contribution in [0.5, 0.6) is 5.75 Å². The first-order valence-corrected chi connectivity index (χ1v) is 12.5. The Morgan fingerprint density at radius 2 is 1.84 bits per heavy atom. The number of ether oxygens (including phenoxy) is 1. The van der Waals surface area contributed by atoms with Gasteiger partial charge in [0.15, 0.2) is 6.61 Å². The molecule has 4 rings (SSSR count). The van der Waals surface area contributed by atoms with Crippen molar-refractivity contribution in [2.24, 2.45) is 0 Å². The average Bonchev–Trinajstić information content (AvgIpc) is 2.88. The molecule has 0 bridgehead atoms. The summed E-state index contributed by atoms with van der Waals surface area (Å²) in [5.74, 6) is 0.309. The van der Waals surface area contributed by atoms with Crippen LogP contribution in [0.4, 0.5) is 13.2 Å². The highest BCUT2D eigenvalue weighted by atomic mass is 19.4. The number of amides is 2. The van der Waals surface area contributed by atoms with Gasteiger partial charge in [-0.3, -0.25) is 19.5 Å². The van der Waals surface area contributed by atoms with E-state index in [1.807, 2.05) is 13.0 Å². The standard InChI is InChI=1S/C27H33F3N4O3/c1-17-18(2)23(37-16-25(35)32(3)4)10-9-21(17)22-7-5-6-20-15-33(12-13-34(20)22)26(36)19-8-11-24(31-14-19)27(28,29)30/h8-11,14,20,22H,5-7,12-13,15-16H2,1-4H3/t20?,22-/m1/s1. The van der Waals surface area contributed by atoms with Crippen LogP contribution >= 0.6 is 0 Å². The van der Waals surface area contributed by atoms with Crippen molar-refractivity contribution in [3.63, 3.8) is 0 Å². The second-order valence-corrected chi connectivity index (χ2v) is 10.00. The van der Waals surface area contributed by atoms with Gasteiger partial charge >= 0.3 is 6.18 Å². The summed E-state index contributed by atoms with van der Waals surface area (Å²) in [5.41, 5.74) is 2.53. The van der Waals surface area contributed by atoms with Crippen molar-refractivity contribution in [3.05, 3.63) is 58.4 Å². The number of piperazine rings is 1. The summed E-state index contributed by atoms with van der Waals surface area (Å²) in [5, 5.41) is 0.